The van der Waals surface area contributed by atoms with Gasteiger partial charge in [0.15, 0.2) is 0 Å². The van der Waals surface area contributed by atoms with Crippen LogP contribution in [0.2, 0.25) is 0 Å². The third kappa shape index (κ3) is 1.50. The number of rotatable bonds is 0. The molecule has 0 spiro atoms. The molecule has 0 aromatic carbocycles. The van der Waals surface area contributed by atoms with Crippen molar-refractivity contribution in [1.82, 2.24) is 10.5 Å². The number of hydrogen-bond donors (Lipinski definition) is 1. The van der Waals surface area contributed by atoms with Crippen LogP contribution in [0.5, 0.6) is 0 Å². The van der Waals surface area contributed by atoms with Crippen LogP contribution in [0.1, 0.15) is 20.8 Å². The third-order valence-electron chi connectivity index (χ3n) is 1.20. The smallest absolute Gasteiger partial charge is 0.0717 e. The van der Waals surface area contributed by atoms with Gasteiger partial charge in [-0.1, -0.05) is 0 Å². The van der Waals surface area contributed by atoms with E-state index in [1.54, 1.807) is 6.21 Å². The highest BCUT2D eigenvalue weighted by molar-refractivity contribution is 5.71. The minimum atomic E-state index is 0.0429. The molecule has 0 aromatic heterocycles. The Morgan fingerprint density at radius 3 is 2.40 bits per heavy atom. The predicted molar refractivity (Wildman–Crippen MR) is 42.4 cm³/mol. The summed E-state index contributed by atoms with van der Waals surface area (Å²) in [5.74, 6) is 0. The first-order valence-corrected chi connectivity index (χ1v) is 3.36. The Morgan fingerprint density at radius 1 is 1.40 bits per heavy atom. The molecule has 3 heteroatoms. The summed E-state index contributed by atoms with van der Waals surface area (Å²) >= 11 is 0. The van der Waals surface area contributed by atoms with Gasteiger partial charge in [-0.15, -0.1) is 0 Å². The van der Waals surface area contributed by atoms with Crippen LogP contribution in [-0.2, 0) is 0 Å². The second-order valence-electron chi connectivity index (χ2n) is 3.24. The van der Waals surface area contributed by atoms with Crippen molar-refractivity contribution in [2.45, 2.75) is 26.3 Å². The minimum Gasteiger partial charge on any atom is -0.289 e. The van der Waals surface area contributed by atoms with Gasteiger partial charge in [0, 0.05) is 6.20 Å². The lowest BCUT2D eigenvalue weighted by Gasteiger charge is -2.33. The Hall–Kier alpha value is -0.990. The van der Waals surface area contributed by atoms with Crippen LogP contribution in [-0.4, -0.2) is 16.9 Å². The van der Waals surface area contributed by atoms with Crippen LogP contribution >= 0.6 is 0 Å². The lowest BCUT2D eigenvalue weighted by atomic mass is 10.1. The molecular weight excluding hydrogens is 126 g/mol. The zero-order valence-corrected chi connectivity index (χ0v) is 6.63. The molecule has 10 heavy (non-hydrogen) atoms. The second-order valence-corrected chi connectivity index (χ2v) is 3.24. The summed E-state index contributed by atoms with van der Waals surface area (Å²) in [6, 6.07) is 0. The van der Waals surface area contributed by atoms with E-state index in [0.29, 0.717) is 0 Å². The summed E-state index contributed by atoms with van der Waals surface area (Å²) in [5, 5.41) is 5.92. The highest BCUT2D eigenvalue weighted by Gasteiger charge is 2.18. The molecule has 0 radical (unpaired) electrons. The van der Waals surface area contributed by atoms with Gasteiger partial charge >= 0.3 is 0 Å². The molecule has 1 N–H and O–H groups in total. The van der Waals surface area contributed by atoms with E-state index >= 15 is 0 Å². The molecule has 0 unspecified atom stereocenters. The van der Waals surface area contributed by atoms with Gasteiger partial charge in [0.25, 0.3) is 0 Å². The fourth-order valence-corrected chi connectivity index (χ4v) is 0.662. The van der Waals surface area contributed by atoms with Gasteiger partial charge in [0.2, 0.25) is 0 Å². The molecule has 1 aliphatic heterocycles. The maximum atomic E-state index is 4.11. The summed E-state index contributed by atoms with van der Waals surface area (Å²) in [6.07, 6.45) is 5.49. The number of allylic oxidation sites excluding steroid dienone is 1. The van der Waals surface area contributed by atoms with Gasteiger partial charge in [-0.2, -0.15) is 5.10 Å². The first-order valence-electron chi connectivity index (χ1n) is 3.36. The molecule has 1 heterocycles. The number of nitrogens with one attached hydrogen (secondary N) is 1. The number of nitrogens with zero attached hydrogens (tertiary/aromatic N) is 2. The predicted octanol–water partition coefficient (Wildman–Crippen LogP) is 1.10. The fraction of sp³-hybridized carbons (Fsp3) is 0.571. The van der Waals surface area contributed by atoms with Gasteiger partial charge < -0.3 is 0 Å². The summed E-state index contributed by atoms with van der Waals surface area (Å²) in [6.45, 7) is 6.28. The summed E-state index contributed by atoms with van der Waals surface area (Å²) in [5.41, 5.74) is 3.06. The molecule has 0 saturated heterocycles. The first kappa shape index (κ1) is 7.12. The van der Waals surface area contributed by atoms with E-state index in [1.165, 1.54) is 0 Å². The Kier molecular flexibility index (Phi) is 1.66. The molecule has 0 atom stereocenters. The van der Waals surface area contributed by atoms with Gasteiger partial charge in [-0.25, -0.2) is 5.12 Å². The minimum absolute atomic E-state index is 0.0429. The summed E-state index contributed by atoms with van der Waals surface area (Å²) < 4.78 is 0. The highest BCUT2D eigenvalue weighted by Crippen LogP contribution is 2.10. The molecule has 1 aliphatic rings. The zero-order chi connectivity index (χ0) is 7.61. The van der Waals surface area contributed by atoms with Crippen LogP contribution in [0.25, 0.3) is 0 Å². The van der Waals surface area contributed by atoms with Crippen molar-refractivity contribution in [3.05, 3.63) is 12.3 Å². The fourth-order valence-electron chi connectivity index (χ4n) is 0.662. The standard InChI is InChI=1S/C7H13N3/c1-7(2,3)10-8-5-4-6-9-10/h4-6,8H,1-3H3. The monoisotopic (exact) mass is 139 g/mol. The Balaban J connectivity index is 2.60. The van der Waals surface area contributed by atoms with Gasteiger partial charge in [0.1, 0.15) is 0 Å². The van der Waals surface area contributed by atoms with E-state index in [-0.39, 0.29) is 5.54 Å². The number of hydrazone groups is 1. The van der Waals surface area contributed by atoms with Crippen LogP contribution < -0.4 is 5.43 Å². The van der Waals surface area contributed by atoms with Crippen LogP contribution in [0.3, 0.4) is 0 Å². The largest absolute Gasteiger partial charge is 0.289 e. The maximum Gasteiger partial charge on any atom is 0.0717 e. The SMILES string of the molecule is CC(C)(C)N1N=CC=CN1. The van der Waals surface area contributed by atoms with Crippen molar-refractivity contribution in [3.8, 4) is 0 Å². The van der Waals surface area contributed by atoms with E-state index in [9.17, 15) is 0 Å². The Bertz CT molecular complexity index is 164. The van der Waals surface area contributed by atoms with E-state index < -0.39 is 0 Å². The van der Waals surface area contributed by atoms with Crippen LogP contribution in [0.15, 0.2) is 17.4 Å². The lowest BCUT2D eigenvalue weighted by Crippen LogP contribution is -2.45. The molecule has 3 nitrogen and oxygen atoms in total. The average molecular weight is 139 g/mol. The molecule has 0 amide bonds. The van der Waals surface area contributed by atoms with E-state index in [4.69, 9.17) is 0 Å². The Labute approximate surface area is 61.4 Å². The number of hydrogen-bond acceptors (Lipinski definition) is 3. The maximum absolute atomic E-state index is 4.11. The van der Waals surface area contributed by atoms with E-state index in [1.807, 2.05) is 17.4 Å². The third-order valence-corrected chi connectivity index (χ3v) is 1.20. The molecule has 1 rings (SSSR count). The van der Waals surface area contributed by atoms with Gasteiger partial charge in [-0.3, -0.25) is 5.43 Å². The normalized spacial score (nSPS) is 17.3. The van der Waals surface area contributed by atoms with Crippen molar-refractivity contribution >= 4 is 6.21 Å². The summed E-state index contributed by atoms with van der Waals surface area (Å²) in [4.78, 5) is 0. The van der Waals surface area contributed by atoms with E-state index in [2.05, 4.69) is 31.3 Å². The molecule has 0 fully saturated rings. The zero-order valence-electron chi connectivity index (χ0n) is 6.63. The topological polar surface area (TPSA) is 27.6 Å². The quantitative estimate of drug-likeness (QED) is 0.544. The van der Waals surface area contributed by atoms with Crippen molar-refractivity contribution in [2.24, 2.45) is 5.10 Å². The molecule has 0 aromatic rings. The van der Waals surface area contributed by atoms with Gasteiger partial charge in [0.05, 0.1) is 11.8 Å². The van der Waals surface area contributed by atoms with Crippen molar-refractivity contribution < 1.29 is 0 Å². The highest BCUT2D eigenvalue weighted by atomic mass is 15.7. The molecule has 0 saturated carbocycles. The molecule has 0 bridgehead atoms. The van der Waals surface area contributed by atoms with Crippen molar-refractivity contribution in [2.75, 3.05) is 0 Å². The van der Waals surface area contributed by atoms with Crippen molar-refractivity contribution in [1.29, 1.82) is 0 Å². The van der Waals surface area contributed by atoms with Crippen LogP contribution in [0, 0.1) is 0 Å². The Morgan fingerprint density at radius 2 is 2.10 bits per heavy atom. The van der Waals surface area contributed by atoms with Crippen molar-refractivity contribution in [3.63, 3.8) is 0 Å². The average Bonchev–Trinajstić information content (AvgIpc) is 1.88. The molecule has 0 aliphatic carbocycles. The first-order chi connectivity index (χ1) is 4.61. The molecular formula is C7H13N3. The van der Waals surface area contributed by atoms with Gasteiger partial charge in [-0.05, 0) is 26.8 Å². The van der Waals surface area contributed by atoms with E-state index in [0.717, 1.165) is 0 Å². The lowest BCUT2D eigenvalue weighted by molar-refractivity contribution is 0.0986. The number of hydrazine groups is 1. The van der Waals surface area contributed by atoms with Crippen LogP contribution in [0.4, 0.5) is 0 Å². The second kappa shape index (κ2) is 2.33. The molecule has 56 valence electrons. The summed E-state index contributed by atoms with van der Waals surface area (Å²) in [7, 11) is 0.